The van der Waals surface area contributed by atoms with Gasteiger partial charge in [0.25, 0.3) is 5.69 Å². The summed E-state index contributed by atoms with van der Waals surface area (Å²) in [6.45, 7) is 0. The fourth-order valence-corrected chi connectivity index (χ4v) is 6.91. The maximum absolute atomic E-state index is 11.7. The molecule has 8 rings (SSSR count). The van der Waals surface area contributed by atoms with Crippen LogP contribution < -0.4 is 0 Å². The molecule has 0 amide bonds. The van der Waals surface area contributed by atoms with Crippen LogP contribution in [-0.4, -0.2) is 14.5 Å². The lowest BCUT2D eigenvalue weighted by Gasteiger charge is -2.09. The number of para-hydroxylation sites is 2. The zero-order valence-corrected chi connectivity index (χ0v) is 23.7. The lowest BCUT2D eigenvalue weighted by atomic mass is 9.97. The highest BCUT2D eigenvalue weighted by atomic mass is 32.1. The van der Waals surface area contributed by atoms with Crippen molar-refractivity contribution in [3.63, 3.8) is 0 Å². The number of fused-ring (bicyclic) bond motifs is 4. The van der Waals surface area contributed by atoms with Gasteiger partial charge in [0, 0.05) is 28.1 Å². The van der Waals surface area contributed by atoms with Crippen LogP contribution in [0.4, 0.5) is 5.69 Å². The zero-order chi connectivity index (χ0) is 28.9. The van der Waals surface area contributed by atoms with Gasteiger partial charge in [0.05, 0.1) is 31.7 Å². The molecule has 6 aromatic carbocycles. The van der Waals surface area contributed by atoms with E-state index >= 15 is 0 Å². The van der Waals surface area contributed by atoms with Gasteiger partial charge < -0.3 is 4.57 Å². The molecule has 0 aliphatic carbocycles. The van der Waals surface area contributed by atoms with Crippen molar-refractivity contribution >= 4 is 49.0 Å². The quantitative estimate of drug-likeness (QED) is 0.152. The Kier molecular flexibility index (Phi) is 5.88. The Morgan fingerprint density at radius 2 is 1.28 bits per heavy atom. The molecule has 204 valence electrons. The number of hydrogen-bond donors (Lipinski definition) is 0. The van der Waals surface area contributed by atoms with Crippen LogP contribution in [0.1, 0.15) is 0 Å². The number of thiazole rings is 1. The molecule has 6 heteroatoms. The van der Waals surface area contributed by atoms with Crippen molar-refractivity contribution in [2.45, 2.75) is 0 Å². The summed E-state index contributed by atoms with van der Waals surface area (Å²) in [6.07, 6.45) is 0. The third-order valence-corrected chi connectivity index (χ3v) is 8.98. The van der Waals surface area contributed by atoms with E-state index in [1.54, 1.807) is 29.5 Å². The topological polar surface area (TPSA) is 61.0 Å². The van der Waals surface area contributed by atoms with Crippen molar-refractivity contribution in [3.05, 3.63) is 150 Å². The van der Waals surface area contributed by atoms with Gasteiger partial charge >= 0.3 is 0 Å². The summed E-state index contributed by atoms with van der Waals surface area (Å²) >= 11 is 1.71. The van der Waals surface area contributed by atoms with Crippen molar-refractivity contribution < 1.29 is 4.92 Å². The van der Waals surface area contributed by atoms with Crippen molar-refractivity contribution in [1.82, 2.24) is 9.55 Å². The van der Waals surface area contributed by atoms with Crippen LogP contribution >= 0.6 is 11.3 Å². The number of aromatic nitrogens is 2. The summed E-state index contributed by atoms with van der Waals surface area (Å²) < 4.78 is 3.45. The largest absolute Gasteiger partial charge is 0.309 e. The summed E-state index contributed by atoms with van der Waals surface area (Å²) in [4.78, 5) is 16.4. The van der Waals surface area contributed by atoms with Crippen LogP contribution in [0.3, 0.4) is 0 Å². The second-order valence-electron chi connectivity index (χ2n) is 10.5. The van der Waals surface area contributed by atoms with Gasteiger partial charge in [-0.25, -0.2) is 4.98 Å². The lowest BCUT2D eigenvalue weighted by Crippen LogP contribution is -1.93. The zero-order valence-electron chi connectivity index (χ0n) is 22.8. The normalized spacial score (nSPS) is 11.4. The van der Waals surface area contributed by atoms with E-state index in [0.29, 0.717) is 5.56 Å². The Bertz CT molecular complexity index is 2320. The fraction of sp³-hybridized carbons (Fsp3) is 0. The molecule has 0 aliphatic heterocycles. The van der Waals surface area contributed by atoms with Gasteiger partial charge in [-0.1, -0.05) is 84.9 Å². The summed E-state index contributed by atoms with van der Waals surface area (Å²) in [6, 6.07) is 46.6. The molecule has 43 heavy (non-hydrogen) atoms. The molecule has 5 nitrogen and oxygen atoms in total. The maximum Gasteiger partial charge on any atom is 0.277 e. The van der Waals surface area contributed by atoms with Crippen LogP contribution in [0.15, 0.2) is 140 Å². The molecule has 0 spiro atoms. The van der Waals surface area contributed by atoms with Crippen molar-refractivity contribution in [1.29, 1.82) is 0 Å². The number of rotatable bonds is 5. The minimum Gasteiger partial charge on any atom is -0.309 e. The summed E-state index contributed by atoms with van der Waals surface area (Å²) in [7, 11) is 0. The Morgan fingerprint density at radius 3 is 2.09 bits per heavy atom. The minimum absolute atomic E-state index is 0.101. The van der Waals surface area contributed by atoms with Gasteiger partial charge in [-0.3, -0.25) is 10.1 Å². The molecule has 0 radical (unpaired) electrons. The third kappa shape index (κ3) is 4.28. The Morgan fingerprint density at radius 1 is 0.605 bits per heavy atom. The fourth-order valence-electron chi connectivity index (χ4n) is 5.92. The van der Waals surface area contributed by atoms with Gasteiger partial charge in [-0.2, -0.15) is 0 Å². The van der Waals surface area contributed by atoms with Crippen LogP contribution in [0, 0.1) is 10.1 Å². The highest BCUT2D eigenvalue weighted by Gasteiger charge is 2.18. The molecule has 0 N–H and O–H groups in total. The van der Waals surface area contributed by atoms with E-state index in [4.69, 9.17) is 4.98 Å². The number of benzene rings is 6. The van der Waals surface area contributed by atoms with Crippen molar-refractivity contribution in [2.75, 3.05) is 0 Å². The second-order valence-corrected chi connectivity index (χ2v) is 11.5. The monoisotopic (exact) mass is 573 g/mol. The van der Waals surface area contributed by atoms with Gasteiger partial charge in [0.1, 0.15) is 5.01 Å². The molecular formula is C37H23N3O2S. The molecule has 0 atom stereocenters. The highest BCUT2D eigenvalue weighted by Crippen LogP contribution is 2.40. The van der Waals surface area contributed by atoms with Crippen molar-refractivity contribution in [3.8, 4) is 38.5 Å². The molecule has 0 fully saturated rings. The second kappa shape index (κ2) is 10.0. The minimum atomic E-state index is -0.324. The number of nitrogens with zero attached hydrogens (tertiary/aromatic N) is 3. The molecule has 2 aromatic heterocycles. The lowest BCUT2D eigenvalue weighted by molar-refractivity contribution is -0.384. The Labute approximate surface area is 251 Å². The maximum atomic E-state index is 11.7. The molecule has 8 aromatic rings. The molecule has 0 unspecified atom stereocenters. The van der Waals surface area contributed by atoms with Gasteiger partial charge in [-0.05, 0) is 65.2 Å². The summed E-state index contributed by atoms with van der Waals surface area (Å²) in [5.41, 5.74) is 8.98. The van der Waals surface area contributed by atoms with E-state index in [2.05, 4.69) is 77.4 Å². The predicted octanol–water partition coefficient (Wildman–Crippen LogP) is 10.3. The average molecular weight is 574 g/mol. The van der Waals surface area contributed by atoms with Crippen LogP contribution in [0.2, 0.25) is 0 Å². The average Bonchev–Trinajstić information content (AvgIpc) is 3.62. The molecule has 0 bridgehead atoms. The molecule has 0 saturated heterocycles. The van der Waals surface area contributed by atoms with Crippen LogP contribution in [0.5, 0.6) is 0 Å². The first kappa shape index (κ1) is 25.1. The van der Waals surface area contributed by atoms with Crippen molar-refractivity contribution in [2.24, 2.45) is 0 Å². The van der Waals surface area contributed by atoms with Crippen LogP contribution in [0.25, 0.3) is 70.5 Å². The summed E-state index contributed by atoms with van der Waals surface area (Å²) in [5.74, 6) is 0. The first-order valence-electron chi connectivity index (χ1n) is 14.0. The highest BCUT2D eigenvalue weighted by molar-refractivity contribution is 7.21. The van der Waals surface area contributed by atoms with E-state index in [0.717, 1.165) is 65.0 Å². The summed E-state index contributed by atoms with van der Waals surface area (Å²) in [5, 5.41) is 15.0. The number of hydrogen-bond acceptors (Lipinski definition) is 4. The van der Waals surface area contributed by atoms with Crippen LogP contribution in [-0.2, 0) is 0 Å². The standard InChI is InChI=1S/C37H23N3O2S/c41-40(42)34-17-8-7-16-29(34)27-13-9-12-25(20-27)26-18-19-33-30(21-26)31-22-36-32(38-37(43-36)24-10-3-1-4-11-24)23-35(31)39(33)28-14-5-2-6-15-28/h1-23H. The van der Waals surface area contributed by atoms with E-state index in [9.17, 15) is 10.1 Å². The Balaban J connectivity index is 1.34. The first-order valence-corrected chi connectivity index (χ1v) is 14.8. The first-order chi connectivity index (χ1) is 21.1. The number of nitro groups is 1. The smallest absolute Gasteiger partial charge is 0.277 e. The molecule has 2 heterocycles. The molecular weight excluding hydrogens is 550 g/mol. The van der Waals surface area contributed by atoms with E-state index in [-0.39, 0.29) is 10.6 Å². The third-order valence-electron chi connectivity index (χ3n) is 7.92. The SMILES string of the molecule is O=[N+]([O-])c1ccccc1-c1cccc(-c2ccc3c(c2)c2cc4sc(-c5ccccc5)nc4cc2n3-c2ccccc2)c1. The molecule has 0 aliphatic rings. The molecule has 0 saturated carbocycles. The van der Waals surface area contributed by atoms with Gasteiger partial charge in [-0.15, -0.1) is 11.3 Å². The van der Waals surface area contributed by atoms with E-state index in [1.807, 2.05) is 48.5 Å². The van der Waals surface area contributed by atoms with E-state index in [1.165, 1.54) is 0 Å². The predicted molar refractivity (Wildman–Crippen MR) is 177 cm³/mol. The Hall–Kier alpha value is -5.59. The van der Waals surface area contributed by atoms with Gasteiger partial charge in [0.2, 0.25) is 0 Å². The van der Waals surface area contributed by atoms with E-state index < -0.39 is 0 Å². The van der Waals surface area contributed by atoms with Gasteiger partial charge in [0.15, 0.2) is 0 Å². The number of nitro benzene ring substituents is 1.